The standard InChI is InChI=1S/C26H25N3O4S/c1-3-4-16-33-20-13-11-19(12-14-20)23-22(21(30)15-10-18-8-6-5-7-9-18)24(31)25(32)29(23)26-28-27-17(2)34-26/h5-15,23,31H,3-4,16H2,1-2H3. The number of aliphatic hydroxyl groups is 1. The van der Waals surface area contributed by atoms with Crippen molar-refractivity contribution in [2.45, 2.75) is 32.7 Å². The lowest BCUT2D eigenvalue weighted by molar-refractivity contribution is -0.117. The summed E-state index contributed by atoms with van der Waals surface area (Å²) < 4.78 is 5.74. The fourth-order valence-electron chi connectivity index (χ4n) is 3.66. The van der Waals surface area contributed by atoms with Gasteiger partial charge in [-0.25, -0.2) is 0 Å². The van der Waals surface area contributed by atoms with Crippen molar-refractivity contribution in [3.05, 3.63) is 88.1 Å². The van der Waals surface area contributed by atoms with Gasteiger partial charge < -0.3 is 9.84 Å². The zero-order chi connectivity index (χ0) is 24.1. The van der Waals surface area contributed by atoms with Crippen LogP contribution >= 0.6 is 11.3 Å². The highest BCUT2D eigenvalue weighted by Crippen LogP contribution is 2.42. The topological polar surface area (TPSA) is 92.6 Å². The molecule has 8 heteroatoms. The Bertz CT molecular complexity index is 1230. The number of anilines is 1. The number of allylic oxidation sites excluding steroid dienone is 1. The minimum Gasteiger partial charge on any atom is -0.503 e. The number of carbonyl (C=O) groups excluding carboxylic acids is 2. The molecule has 1 amide bonds. The van der Waals surface area contributed by atoms with Crippen molar-refractivity contribution >= 4 is 34.2 Å². The van der Waals surface area contributed by atoms with Gasteiger partial charge in [-0.15, -0.1) is 10.2 Å². The minimum absolute atomic E-state index is 0.00434. The first-order valence-corrected chi connectivity index (χ1v) is 11.9. The van der Waals surface area contributed by atoms with Gasteiger partial charge in [-0.2, -0.15) is 0 Å². The van der Waals surface area contributed by atoms with Crippen molar-refractivity contribution < 1.29 is 19.4 Å². The van der Waals surface area contributed by atoms with E-state index in [2.05, 4.69) is 17.1 Å². The molecule has 1 N–H and O–H groups in total. The van der Waals surface area contributed by atoms with Crippen LogP contribution in [-0.4, -0.2) is 33.6 Å². The van der Waals surface area contributed by atoms with Crippen LogP contribution in [0.4, 0.5) is 5.13 Å². The molecule has 1 unspecified atom stereocenters. The molecule has 0 saturated heterocycles. The number of carbonyl (C=O) groups is 2. The first-order chi connectivity index (χ1) is 16.5. The number of amides is 1. The van der Waals surface area contributed by atoms with Crippen LogP contribution in [0.2, 0.25) is 0 Å². The molecule has 3 aromatic rings. The lowest BCUT2D eigenvalue weighted by Crippen LogP contribution is -2.30. The van der Waals surface area contributed by atoms with E-state index in [1.807, 2.05) is 30.3 Å². The molecule has 1 aliphatic rings. The predicted molar refractivity (Wildman–Crippen MR) is 132 cm³/mol. The van der Waals surface area contributed by atoms with Gasteiger partial charge >= 0.3 is 0 Å². The highest BCUT2D eigenvalue weighted by molar-refractivity contribution is 7.15. The molecule has 2 heterocycles. The molecule has 0 bridgehead atoms. The van der Waals surface area contributed by atoms with Gasteiger partial charge in [0.2, 0.25) is 5.13 Å². The highest BCUT2D eigenvalue weighted by atomic mass is 32.1. The zero-order valence-electron chi connectivity index (χ0n) is 19.0. The number of aryl methyl sites for hydroxylation is 1. The van der Waals surface area contributed by atoms with Crippen LogP contribution in [0.15, 0.2) is 72.0 Å². The molecule has 34 heavy (non-hydrogen) atoms. The van der Waals surface area contributed by atoms with Crippen LogP contribution in [-0.2, 0) is 9.59 Å². The predicted octanol–water partition coefficient (Wildman–Crippen LogP) is 5.21. The average molecular weight is 476 g/mol. The maximum Gasteiger partial charge on any atom is 0.296 e. The van der Waals surface area contributed by atoms with Crippen molar-refractivity contribution in [1.29, 1.82) is 0 Å². The Morgan fingerprint density at radius 2 is 1.88 bits per heavy atom. The molecule has 0 saturated carbocycles. The highest BCUT2D eigenvalue weighted by Gasteiger charge is 2.45. The van der Waals surface area contributed by atoms with Crippen molar-refractivity contribution in [3.63, 3.8) is 0 Å². The lowest BCUT2D eigenvalue weighted by atomic mass is 9.95. The van der Waals surface area contributed by atoms with E-state index in [9.17, 15) is 14.7 Å². The molecule has 0 spiro atoms. The number of unbranched alkanes of at least 4 members (excludes halogenated alkanes) is 1. The number of ether oxygens (including phenoxy) is 1. The molecule has 4 rings (SSSR count). The van der Waals surface area contributed by atoms with E-state index in [1.165, 1.54) is 22.3 Å². The maximum atomic E-state index is 13.2. The third-order valence-electron chi connectivity index (χ3n) is 5.38. The summed E-state index contributed by atoms with van der Waals surface area (Å²) in [4.78, 5) is 27.7. The van der Waals surface area contributed by atoms with E-state index in [4.69, 9.17) is 4.74 Å². The van der Waals surface area contributed by atoms with E-state index in [-0.39, 0.29) is 5.57 Å². The molecule has 0 aliphatic carbocycles. The summed E-state index contributed by atoms with van der Waals surface area (Å²) in [6, 6.07) is 15.7. The monoisotopic (exact) mass is 475 g/mol. The molecule has 7 nitrogen and oxygen atoms in total. The summed E-state index contributed by atoms with van der Waals surface area (Å²) in [6.45, 7) is 4.49. The number of hydrogen-bond acceptors (Lipinski definition) is 7. The van der Waals surface area contributed by atoms with Gasteiger partial charge in [-0.05, 0) is 42.7 Å². The largest absolute Gasteiger partial charge is 0.503 e. The van der Waals surface area contributed by atoms with Crippen LogP contribution in [0.1, 0.15) is 41.9 Å². The van der Waals surface area contributed by atoms with Crippen LogP contribution in [0.3, 0.4) is 0 Å². The first-order valence-electron chi connectivity index (χ1n) is 11.1. The van der Waals surface area contributed by atoms with Gasteiger partial charge in [-0.1, -0.05) is 73.2 Å². The van der Waals surface area contributed by atoms with E-state index < -0.39 is 23.5 Å². The Morgan fingerprint density at radius 3 is 2.53 bits per heavy atom. The normalized spacial score (nSPS) is 16.0. The SMILES string of the molecule is CCCCOc1ccc(C2C(C(=O)C=Cc3ccccc3)=C(O)C(=O)N2c2nnc(C)s2)cc1. The molecule has 0 fully saturated rings. The van der Waals surface area contributed by atoms with Crippen LogP contribution in [0.5, 0.6) is 5.75 Å². The summed E-state index contributed by atoms with van der Waals surface area (Å²) in [6.07, 6.45) is 5.02. The molecule has 1 aliphatic heterocycles. The fourth-order valence-corrected chi connectivity index (χ4v) is 4.37. The third kappa shape index (κ3) is 4.92. The molecule has 174 valence electrons. The van der Waals surface area contributed by atoms with Crippen molar-refractivity contribution in [2.75, 3.05) is 11.5 Å². The van der Waals surface area contributed by atoms with E-state index in [1.54, 1.807) is 37.3 Å². The maximum absolute atomic E-state index is 13.2. The molecule has 0 radical (unpaired) electrons. The Kier molecular flexibility index (Phi) is 7.18. The molecule has 2 aromatic carbocycles. The number of aliphatic hydroxyl groups excluding tert-OH is 1. The molecule has 1 atom stereocenters. The van der Waals surface area contributed by atoms with Crippen LogP contribution in [0.25, 0.3) is 6.08 Å². The number of nitrogens with zero attached hydrogens (tertiary/aromatic N) is 3. The number of rotatable bonds is 9. The van der Waals surface area contributed by atoms with Gasteiger partial charge in [0.25, 0.3) is 5.91 Å². The van der Waals surface area contributed by atoms with Crippen molar-refractivity contribution in [3.8, 4) is 5.75 Å². The van der Waals surface area contributed by atoms with E-state index >= 15 is 0 Å². The lowest BCUT2D eigenvalue weighted by Gasteiger charge is -2.24. The second kappa shape index (κ2) is 10.4. The fraction of sp³-hybridized carbons (Fsp3) is 0.231. The second-order valence-corrected chi connectivity index (χ2v) is 8.98. The van der Waals surface area contributed by atoms with Crippen LogP contribution in [0, 0.1) is 6.92 Å². The summed E-state index contributed by atoms with van der Waals surface area (Å²) in [5, 5.41) is 19.8. The Labute approximate surface area is 202 Å². The second-order valence-electron chi connectivity index (χ2n) is 7.82. The summed E-state index contributed by atoms with van der Waals surface area (Å²) in [5.41, 5.74) is 1.50. The van der Waals surface area contributed by atoms with Gasteiger partial charge in [0.15, 0.2) is 11.5 Å². The Balaban J connectivity index is 1.70. The van der Waals surface area contributed by atoms with Gasteiger partial charge in [-0.3, -0.25) is 14.5 Å². The summed E-state index contributed by atoms with van der Waals surface area (Å²) in [7, 11) is 0. The molecule has 1 aromatic heterocycles. The van der Waals surface area contributed by atoms with Crippen LogP contribution < -0.4 is 9.64 Å². The number of aromatic nitrogens is 2. The number of hydrogen-bond donors (Lipinski definition) is 1. The summed E-state index contributed by atoms with van der Waals surface area (Å²) >= 11 is 1.22. The van der Waals surface area contributed by atoms with E-state index in [0.717, 1.165) is 18.4 Å². The first kappa shape index (κ1) is 23.4. The number of ketones is 1. The van der Waals surface area contributed by atoms with E-state index in [0.29, 0.717) is 28.1 Å². The molecular formula is C26H25N3O4S. The Hall–Kier alpha value is -3.78. The van der Waals surface area contributed by atoms with Gasteiger partial charge in [0.05, 0.1) is 18.2 Å². The zero-order valence-corrected chi connectivity index (χ0v) is 19.8. The van der Waals surface area contributed by atoms with Gasteiger partial charge in [0.1, 0.15) is 10.8 Å². The Morgan fingerprint density at radius 1 is 1.15 bits per heavy atom. The minimum atomic E-state index is -0.836. The quantitative estimate of drug-likeness (QED) is 0.337. The third-order valence-corrected chi connectivity index (χ3v) is 6.22. The van der Waals surface area contributed by atoms with Crippen molar-refractivity contribution in [1.82, 2.24) is 10.2 Å². The average Bonchev–Trinajstić information content (AvgIpc) is 3.39. The smallest absolute Gasteiger partial charge is 0.296 e. The number of benzene rings is 2. The molecular weight excluding hydrogens is 450 g/mol. The summed E-state index contributed by atoms with van der Waals surface area (Å²) in [5.74, 6) is -1.01. The van der Waals surface area contributed by atoms with Gasteiger partial charge in [0, 0.05) is 0 Å². The van der Waals surface area contributed by atoms with Crippen molar-refractivity contribution in [2.24, 2.45) is 0 Å².